The smallest absolute Gasteiger partial charge is 0.264 e. The van der Waals surface area contributed by atoms with Crippen molar-refractivity contribution in [2.75, 3.05) is 13.1 Å². The summed E-state index contributed by atoms with van der Waals surface area (Å²) in [4.78, 5) is 17.1. The Labute approximate surface area is 125 Å². The quantitative estimate of drug-likeness (QED) is 0.911. The SMILES string of the molecule is CC1CCc2sc(C(=O)N3CC(CN)CC3C)cc2C1. The molecule has 2 heterocycles. The second-order valence-corrected chi connectivity index (χ2v) is 7.69. The van der Waals surface area contributed by atoms with Crippen LogP contribution in [0.25, 0.3) is 0 Å². The number of rotatable bonds is 2. The maximum Gasteiger partial charge on any atom is 0.264 e. The molecule has 110 valence electrons. The molecule has 1 fully saturated rings. The number of nitrogens with two attached hydrogens (primary N) is 1. The van der Waals surface area contributed by atoms with E-state index in [2.05, 4.69) is 19.9 Å². The summed E-state index contributed by atoms with van der Waals surface area (Å²) in [5.41, 5.74) is 7.17. The van der Waals surface area contributed by atoms with E-state index in [1.165, 1.54) is 16.9 Å². The molecule has 1 aliphatic carbocycles. The molecular formula is C16H24N2OS. The summed E-state index contributed by atoms with van der Waals surface area (Å²) >= 11 is 1.72. The van der Waals surface area contributed by atoms with E-state index in [1.807, 2.05) is 4.90 Å². The number of nitrogens with zero attached hydrogens (tertiary/aromatic N) is 1. The minimum atomic E-state index is 0.223. The highest BCUT2D eigenvalue weighted by Gasteiger charge is 2.33. The van der Waals surface area contributed by atoms with Crippen LogP contribution in [0.2, 0.25) is 0 Å². The van der Waals surface area contributed by atoms with Gasteiger partial charge in [-0.1, -0.05) is 6.92 Å². The Morgan fingerprint density at radius 3 is 3.00 bits per heavy atom. The van der Waals surface area contributed by atoms with Crippen LogP contribution in [-0.4, -0.2) is 29.9 Å². The van der Waals surface area contributed by atoms with Crippen molar-refractivity contribution in [3.05, 3.63) is 21.4 Å². The van der Waals surface area contributed by atoms with E-state index in [-0.39, 0.29) is 5.91 Å². The molecule has 3 rings (SSSR count). The summed E-state index contributed by atoms with van der Waals surface area (Å²) in [5.74, 6) is 1.46. The highest BCUT2D eigenvalue weighted by atomic mass is 32.1. The monoisotopic (exact) mass is 292 g/mol. The molecule has 0 radical (unpaired) electrons. The lowest BCUT2D eigenvalue weighted by molar-refractivity contribution is 0.0748. The van der Waals surface area contributed by atoms with Gasteiger partial charge in [0.25, 0.3) is 5.91 Å². The van der Waals surface area contributed by atoms with Gasteiger partial charge in [-0.05, 0) is 62.6 Å². The average molecular weight is 292 g/mol. The second-order valence-electron chi connectivity index (χ2n) is 6.55. The molecule has 2 N–H and O–H groups in total. The van der Waals surface area contributed by atoms with E-state index < -0.39 is 0 Å². The fraction of sp³-hybridized carbons (Fsp3) is 0.688. The zero-order valence-electron chi connectivity index (χ0n) is 12.4. The first-order valence-corrected chi connectivity index (χ1v) is 8.52. The normalized spacial score (nSPS) is 29.6. The minimum absolute atomic E-state index is 0.223. The molecular weight excluding hydrogens is 268 g/mol. The van der Waals surface area contributed by atoms with Gasteiger partial charge in [-0.15, -0.1) is 11.3 Å². The van der Waals surface area contributed by atoms with Crippen LogP contribution < -0.4 is 5.73 Å². The number of amides is 1. The molecule has 0 spiro atoms. The summed E-state index contributed by atoms with van der Waals surface area (Å²) in [7, 11) is 0. The van der Waals surface area contributed by atoms with Gasteiger partial charge in [0.2, 0.25) is 0 Å². The van der Waals surface area contributed by atoms with Crippen molar-refractivity contribution in [2.45, 2.75) is 45.6 Å². The number of carbonyl (C=O) groups excluding carboxylic acids is 1. The molecule has 0 aromatic carbocycles. The van der Waals surface area contributed by atoms with E-state index in [1.54, 1.807) is 11.3 Å². The van der Waals surface area contributed by atoms with E-state index in [0.29, 0.717) is 18.5 Å². The fourth-order valence-corrected chi connectivity index (χ4v) is 4.71. The zero-order valence-corrected chi connectivity index (χ0v) is 13.2. The fourth-order valence-electron chi connectivity index (χ4n) is 3.55. The summed E-state index contributed by atoms with van der Waals surface area (Å²) in [6, 6.07) is 2.48. The van der Waals surface area contributed by atoms with E-state index in [9.17, 15) is 4.79 Å². The van der Waals surface area contributed by atoms with Crippen molar-refractivity contribution in [2.24, 2.45) is 17.6 Å². The van der Waals surface area contributed by atoms with Crippen LogP contribution >= 0.6 is 11.3 Å². The van der Waals surface area contributed by atoms with Gasteiger partial charge in [0.15, 0.2) is 0 Å². The minimum Gasteiger partial charge on any atom is -0.335 e. The van der Waals surface area contributed by atoms with Crippen molar-refractivity contribution in [3.8, 4) is 0 Å². The second kappa shape index (κ2) is 5.49. The first kappa shape index (κ1) is 14.1. The van der Waals surface area contributed by atoms with E-state index >= 15 is 0 Å². The van der Waals surface area contributed by atoms with Gasteiger partial charge in [0.1, 0.15) is 0 Å². The third-order valence-electron chi connectivity index (χ3n) is 4.80. The summed E-state index contributed by atoms with van der Waals surface area (Å²) < 4.78 is 0. The first-order chi connectivity index (χ1) is 9.58. The van der Waals surface area contributed by atoms with Crippen molar-refractivity contribution >= 4 is 17.2 Å². The molecule has 1 aromatic heterocycles. The molecule has 20 heavy (non-hydrogen) atoms. The molecule has 3 atom stereocenters. The Morgan fingerprint density at radius 1 is 1.50 bits per heavy atom. The third kappa shape index (κ3) is 2.51. The Morgan fingerprint density at radius 2 is 2.30 bits per heavy atom. The van der Waals surface area contributed by atoms with Crippen molar-refractivity contribution < 1.29 is 4.79 Å². The molecule has 1 saturated heterocycles. The average Bonchev–Trinajstić information content (AvgIpc) is 3.00. The van der Waals surface area contributed by atoms with E-state index in [4.69, 9.17) is 5.73 Å². The summed E-state index contributed by atoms with van der Waals surface area (Å²) in [6.07, 6.45) is 4.59. The topological polar surface area (TPSA) is 46.3 Å². The lowest BCUT2D eigenvalue weighted by Crippen LogP contribution is -2.33. The number of hydrogen-bond acceptors (Lipinski definition) is 3. The van der Waals surface area contributed by atoms with Gasteiger partial charge in [-0.2, -0.15) is 0 Å². The van der Waals surface area contributed by atoms with Crippen LogP contribution in [0.5, 0.6) is 0 Å². The highest BCUT2D eigenvalue weighted by molar-refractivity contribution is 7.14. The molecule has 3 nitrogen and oxygen atoms in total. The molecule has 0 saturated carbocycles. The van der Waals surface area contributed by atoms with E-state index in [0.717, 1.165) is 36.6 Å². The predicted molar refractivity (Wildman–Crippen MR) is 83.2 cm³/mol. The maximum atomic E-state index is 12.7. The number of aryl methyl sites for hydroxylation is 1. The largest absolute Gasteiger partial charge is 0.335 e. The summed E-state index contributed by atoms with van der Waals surface area (Å²) in [6.45, 7) is 5.96. The molecule has 0 bridgehead atoms. The molecule has 2 aliphatic rings. The standard InChI is InChI=1S/C16H24N2OS/c1-10-3-4-14-13(5-10)7-15(20-14)16(19)18-9-12(8-17)6-11(18)2/h7,10-12H,3-6,8-9,17H2,1-2H3. The van der Waals surface area contributed by atoms with Crippen molar-refractivity contribution in [1.29, 1.82) is 0 Å². The van der Waals surface area contributed by atoms with Crippen molar-refractivity contribution in [1.82, 2.24) is 4.90 Å². The Balaban J connectivity index is 1.78. The Kier molecular flexibility index (Phi) is 3.87. The maximum absolute atomic E-state index is 12.7. The number of hydrogen-bond donors (Lipinski definition) is 1. The molecule has 3 unspecified atom stereocenters. The van der Waals surface area contributed by atoms with Crippen LogP contribution in [0.15, 0.2) is 6.07 Å². The number of fused-ring (bicyclic) bond motifs is 1. The van der Waals surface area contributed by atoms with Crippen molar-refractivity contribution in [3.63, 3.8) is 0 Å². The molecule has 4 heteroatoms. The van der Waals surface area contributed by atoms with Crippen LogP contribution in [0, 0.1) is 11.8 Å². The predicted octanol–water partition coefficient (Wildman–Crippen LogP) is 2.68. The highest BCUT2D eigenvalue weighted by Crippen LogP contribution is 2.34. The Hall–Kier alpha value is -0.870. The van der Waals surface area contributed by atoms with Gasteiger partial charge in [0.05, 0.1) is 4.88 Å². The number of thiophene rings is 1. The zero-order chi connectivity index (χ0) is 14.3. The number of likely N-dealkylation sites (tertiary alicyclic amines) is 1. The first-order valence-electron chi connectivity index (χ1n) is 7.71. The third-order valence-corrected chi connectivity index (χ3v) is 6.02. The van der Waals surface area contributed by atoms with Gasteiger partial charge in [-0.3, -0.25) is 4.79 Å². The van der Waals surface area contributed by atoms with Gasteiger partial charge < -0.3 is 10.6 Å². The summed E-state index contributed by atoms with van der Waals surface area (Å²) in [5, 5.41) is 0. The van der Waals surface area contributed by atoms with Crippen LogP contribution in [0.1, 0.15) is 46.8 Å². The van der Waals surface area contributed by atoms with Crippen LogP contribution in [0.4, 0.5) is 0 Å². The van der Waals surface area contributed by atoms with Gasteiger partial charge in [0, 0.05) is 17.5 Å². The lowest BCUT2D eigenvalue weighted by Gasteiger charge is -2.20. The number of carbonyl (C=O) groups is 1. The van der Waals surface area contributed by atoms with Gasteiger partial charge >= 0.3 is 0 Å². The van der Waals surface area contributed by atoms with Crippen LogP contribution in [-0.2, 0) is 12.8 Å². The van der Waals surface area contributed by atoms with Gasteiger partial charge in [-0.25, -0.2) is 0 Å². The molecule has 1 aliphatic heterocycles. The van der Waals surface area contributed by atoms with Crippen LogP contribution in [0.3, 0.4) is 0 Å². The molecule has 1 aromatic rings. The molecule has 1 amide bonds. The lowest BCUT2D eigenvalue weighted by atomic mass is 9.90. The Bertz CT molecular complexity index is 511.